The lowest BCUT2D eigenvalue weighted by atomic mass is 10.1. The molecule has 4 rings (SSSR count). The highest BCUT2D eigenvalue weighted by molar-refractivity contribution is 7.80. The summed E-state index contributed by atoms with van der Waals surface area (Å²) >= 11 is 11.3. The number of ether oxygens (including phenoxy) is 1. The number of hydrogen-bond acceptors (Lipinski definition) is 5. The Morgan fingerprint density at radius 3 is 2.61 bits per heavy atom. The molecule has 0 spiro atoms. The maximum absolute atomic E-state index is 12.2. The van der Waals surface area contributed by atoms with Gasteiger partial charge in [0.2, 0.25) is 5.89 Å². The number of thiocarbonyl (C=S) groups is 1. The Balaban J connectivity index is 1.37. The van der Waals surface area contributed by atoms with E-state index in [9.17, 15) is 4.79 Å². The first-order valence-corrected chi connectivity index (χ1v) is 11.0. The van der Waals surface area contributed by atoms with Crippen LogP contribution in [0.4, 0.5) is 5.69 Å². The molecule has 0 aliphatic rings. The molecular weight excluding hydrogens is 458 g/mol. The quantitative estimate of drug-likeness (QED) is 0.344. The molecule has 2 N–H and O–H groups in total. The summed E-state index contributed by atoms with van der Waals surface area (Å²) in [6.45, 7) is 5.81. The van der Waals surface area contributed by atoms with Gasteiger partial charge in [0.15, 0.2) is 17.3 Å². The predicted molar refractivity (Wildman–Crippen MR) is 135 cm³/mol. The minimum absolute atomic E-state index is 0.160. The molecule has 3 aromatic carbocycles. The number of benzene rings is 3. The molecule has 0 saturated heterocycles. The Labute approximate surface area is 201 Å². The summed E-state index contributed by atoms with van der Waals surface area (Å²) in [5.41, 5.74) is 6.21. The molecule has 0 aliphatic heterocycles. The molecule has 0 fully saturated rings. The average molecular weight is 480 g/mol. The summed E-state index contributed by atoms with van der Waals surface area (Å²) in [7, 11) is 0. The molecule has 8 heteroatoms. The van der Waals surface area contributed by atoms with Crippen molar-refractivity contribution in [3.05, 3.63) is 76.3 Å². The Kier molecular flexibility index (Phi) is 6.62. The molecule has 4 aromatic rings. The van der Waals surface area contributed by atoms with Crippen molar-refractivity contribution in [1.82, 2.24) is 10.3 Å². The third-order valence-corrected chi connectivity index (χ3v) is 5.78. The van der Waals surface area contributed by atoms with Crippen LogP contribution in [0.1, 0.15) is 16.7 Å². The third kappa shape index (κ3) is 5.50. The van der Waals surface area contributed by atoms with E-state index in [1.54, 1.807) is 18.2 Å². The van der Waals surface area contributed by atoms with Gasteiger partial charge in [-0.05, 0) is 98.2 Å². The summed E-state index contributed by atoms with van der Waals surface area (Å²) in [6.07, 6.45) is 0. The van der Waals surface area contributed by atoms with Crippen molar-refractivity contribution >= 4 is 51.6 Å². The van der Waals surface area contributed by atoms with Crippen LogP contribution in [0, 0.1) is 20.8 Å². The van der Waals surface area contributed by atoms with Gasteiger partial charge in [0.1, 0.15) is 11.3 Å². The highest BCUT2D eigenvalue weighted by Crippen LogP contribution is 2.27. The number of carbonyl (C=O) groups excluding carboxylic acids is 1. The molecule has 6 nitrogen and oxygen atoms in total. The third-order valence-electron chi connectivity index (χ3n) is 5.15. The second-order valence-corrected chi connectivity index (χ2v) is 8.52. The maximum atomic E-state index is 12.2. The number of rotatable bonds is 5. The number of nitrogens with zero attached hydrogens (tertiary/aromatic N) is 1. The van der Waals surface area contributed by atoms with Crippen LogP contribution in [0.25, 0.3) is 22.6 Å². The van der Waals surface area contributed by atoms with Gasteiger partial charge in [-0.3, -0.25) is 10.1 Å². The van der Waals surface area contributed by atoms with Gasteiger partial charge >= 0.3 is 0 Å². The van der Waals surface area contributed by atoms with Gasteiger partial charge in [0.25, 0.3) is 5.91 Å². The highest BCUT2D eigenvalue weighted by atomic mass is 35.5. The summed E-state index contributed by atoms with van der Waals surface area (Å²) in [5.74, 6) is 0.734. The zero-order valence-electron chi connectivity index (χ0n) is 18.4. The summed E-state index contributed by atoms with van der Waals surface area (Å²) < 4.78 is 11.4. The first-order chi connectivity index (χ1) is 15.8. The zero-order valence-corrected chi connectivity index (χ0v) is 19.9. The maximum Gasteiger partial charge on any atom is 0.264 e. The fourth-order valence-electron chi connectivity index (χ4n) is 3.18. The van der Waals surface area contributed by atoms with Gasteiger partial charge in [0, 0.05) is 16.3 Å². The van der Waals surface area contributed by atoms with Gasteiger partial charge in [-0.25, -0.2) is 4.98 Å². The van der Waals surface area contributed by atoms with E-state index in [1.165, 1.54) is 11.1 Å². The molecule has 1 amide bonds. The Morgan fingerprint density at radius 2 is 1.85 bits per heavy atom. The number of fused-ring (bicyclic) bond motifs is 1. The molecule has 0 saturated carbocycles. The number of anilines is 1. The minimum Gasteiger partial charge on any atom is -0.484 e. The second kappa shape index (κ2) is 9.60. The van der Waals surface area contributed by atoms with Crippen molar-refractivity contribution in [3.63, 3.8) is 0 Å². The number of halogens is 1. The normalized spacial score (nSPS) is 10.8. The first kappa shape index (κ1) is 22.8. The van der Waals surface area contributed by atoms with E-state index in [-0.39, 0.29) is 17.6 Å². The summed E-state index contributed by atoms with van der Waals surface area (Å²) in [4.78, 5) is 16.8. The second-order valence-electron chi connectivity index (χ2n) is 7.70. The number of hydrogen-bond donors (Lipinski definition) is 2. The van der Waals surface area contributed by atoms with Gasteiger partial charge < -0.3 is 14.5 Å². The fraction of sp³-hybridized carbons (Fsp3) is 0.160. The summed E-state index contributed by atoms with van der Waals surface area (Å²) in [6, 6.07) is 16.7. The topological polar surface area (TPSA) is 76.4 Å². The van der Waals surface area contributed by atoms with Crippen LogP contribution in [0.15, 0.2) is 59.0 Å². The van der Waals surface area contributed by atoms with Crippen LogP contribution >= 0.6 is 23.8 Å². The molecule has 1 heterocycles. The van der Waals surface area contributed by atoms with E-state index in [0.717, 1.165) is 11.1 Å². The van der Waals surface area contributed by atoms with Crippen LogP contribution in [0.3, 0.4) is 0 Å². The Hall–Kier alpha value is -3.42. The lowest BCUT2D eigenvalue weighted by Gasteiger charge is -2.11. The number of carbonyl (C=O) groups is 1. The summed E-state index contributed by atoms with van der Waals surface area (Å²) in [5, 5.41) is 6.39. The number of oxazole rings is 1. The van der Waals surface area contributed by atoms with E-state index < -0.39 is 0 Å². The Bertz CT molecular complexity index is 1370. The van der Waals surface area contributed by atoms with E-state index in [1.807, 2.05) is 37.3 Å². The predicted octanol–water partition coefficient (Wildman–Crippen LogP) is 5.97. The molecule has 0 unspecified atom stereocenters. The number of aryl methyl sites for hydroxylation is 3. The minimum atomic E-state index is -0.375. The standard InChI is InChI=1S/C25H22ClN3O3S/c1-14-4-5-17(10-15(14)2)24-28-21-12-18(6-9-22(21)32-24)27-25(33)29-23(30)13-31-19-7-8-20(26)16(3)11-19/h4-12H,13H2,1-3H3,(H2,27,29,30,33). The van der Waals surface area contributed by atoms with Gasteiger partial charge in [-0.15, -0.1) is 0 Å². The fourth-order valence-corrected chi connectivity index (χ4v) is 3.53. The molecule has 0 bridgehead atoms. The highest BCUT2D eigenvalue weighted by Gasteiger charge is 2.11. The Morgan fingerprint density at radius 1 is 1.03 bits per heavy atom. The van der Waals surface area contributed by atoms with Crippen molar-refractivity contribution in [2.24, 2.45) is 0 Å². The molecule has 1 aromatic heterocycles. The van der Waals surface area contributed by atoms with Crippen molar-refractivity contribution in [2.45, 2.75) is 20.8 Å². The van der Waals surface area contributed by atoms with Crippen LogP contribution in [-0.4, -0.2) is 22.6 Å². The van der Waals surface area contributed by atoms with Crippen LogP contribution < -0.4 is 15.4 Å². The van der Waals surface area contributed by atoms with Gasteiger partial charge in [-0.1, -0.05) is 17.7 Å². The van der Waals surface area contributed by atoms with Crippen molar-refractivity contribution in [3.8, 4) is 17.2 Å². The number of nitrogens with one attached hydrogen (secondary N) is 2. The van der Waals surface area contributed by atoms with E-state index in [0.29, 0.717) is 33.4 Å². The SMILES string of the molecule is Cc1ccc(-c2nc3cc(NC(=S)NC(=O)COc4ccc(Cl)c(C)c4)ccc3o2)cc1C. The monoisotopic (exact) mass is 479 g/mol. The molecule has 0 radical (unpaired) electrons. The average Bonchev–Trinajstić information content (AvgIpc) is 3.20. The molecular formula is C25H22ClN3O3S. The van der Waals surface area contributed by atoms with E-state index in [2.05, 4.69) is 35.5 Å². The number of amides is 1. The van der Waals surface area contributed by atoms with Gasteiger partial charge in [-0.2, -0.15) is 0 Å². The van der Waals surface area contributed by atoms with Crippen LogP contribution in [0.2, 0.25) is 5.02 Å². The van der Waals surface area contributed by atoms with Crippen molar-refractivity contribution in [1.29, 1.82) is 0 Å². The van der Waals surface area contributed by atoms with Crippen LogP contribution in [-0.2, 0) is 4.79 Å². The van der Waals surface area contributed by atoms with Gasteiger partial charge in [0.05, 0.1) is 0 Å². The molecule has 0 aliphatic carbocycles. The van der Waals surface area contributed by atoms with E-state index in [4.69, 9.17) is 33.0 Å². The van der Waals surface area contributed by atoms with Crippen LogP contribution in [0.5, 0.6) is 5.75 Å². The lowest BCUT2D eigenvalue weighted by Crippen LogP contribution is -2.37. The molecule has 168 valence electrons. The van der Waals surface area contributed by atoms with Crippen molar-refractivity contribution in [2.75, 3.05) is 11.9 Å². The number of aromatic nitrogens is 1. The lowest BCUT2D eigenvalue weighted by molar-refractivity contribution is -0.121. The van der Waals surface area contributed by atoms with Crippen molar-refractivity contribution < 1.29 is 13.9 Å². The first-order valence-electron chi connectivity index (χ1n) is 10.3. The smallest absolute Gasteiger partial charge is 0.264 e. The molecule has 33 heavy (non-hydrogen) atoms. The molecule has 0 atom stereocenters. The largest absolute Gasteiger partial charge is 0.484 e. The van der Waals surface area contributed by atoms with E-state index >= 15 is 0 Å². The zero-order chi connectivity index (χ0) is 23.5.